The van der Waals surface area contributed by atoms with E-state index < -0.39 is 11.6 Å². The molecule has 68 valence electrons. The molecule has 0 amide bonds. The summed E-state index contributed by atoms with van der Waals surface area (Å²) in [5.74, 6) is -0.844. The summed E-state index contributed by atoms with van der Waals surface area (Å²) in [5, 5.41) is 2.65. The zero-order chi connectivity index (χ0) is 9.68. The van der Waals surface area contributed by atoms with Gasteiger partial charge in [0, 0.05) is 5.56 Å². The fraction of sp³-hybridized carbons (Fsp3) is 0.200. The van der Waals surface area contributed by atoms with Gasteiger partial charge in [0.15, 0.2) is 0 Å². The van der Waals surface area contributed by atoms with Crippen LogP contribution >= 0.6 is 0 Å². The lowest BCUT2D eigenvalue weighted by Crippen LogP contribution is -2.26. The highest BCUT2D eigenvalue weighted by Gasteiger charge is 2.13. The Morgan fingerprint density at radius 3 is 2.38 bits per heavy atom. The molecule has 1 N–H and O–H groups in total. The van der Waals surface area contributed by atoms with Crippen molar-refractivity contribution in [3.05, 3.63) is 35.9 Å². The summed E-state index contributed by atoms with van der Waals surface area (Å²) in [6, 6.07) is 8.55. The quantitative estimate of drug-likeness (QED) is 0.542. The van der Waals surface area contributed by atoms with Crippen LogP contribution in [0.15, 0.2) is 30.3 Å². The monoisotopic (exact) mass is 177 g/mol. The van der Waals surface area contributed by atoms with Crippen LogP contribution in [0, 0.1) is 0 Å². The Bertz CT molecular complexity index is 306. The third kappa shape index (κ3) is 2.49. The summed E-state index contributed by atoms with van der Waals surface area (Å²) < 4.78 is 0. The van der Waals surface area contributed by atoms with E-state index in [0.29, 0.717) is 5.56 Å². The largest absolute Gasteiger partial charge is 0.313 e. The van der Waals surface area contributed by atoms with Crippen LogP contribution in [0.5, 0.6) is 0 Å². The van der Waals surface area contributed by atoms with Gasteiger partial charge >= 0.3 is 0 Å². The predicted molar refractivity (Wildman–Crippen MR) is 49.7 cm³/mol. The lowest BCUT2D eigenvalue weighted by molar-refractivity contribution is -0.114. The topological polar surface area (TPSA) is 46.2 Å². The normalized spacial score (nSPS) is 9.62. The minimum absolute atomic E-state index is 0.0910. The maximum atomic E-state index is 11.3. The zero-order valence-corrected chi connectivity index (χ0v) is 7.41. The molecule has 0 radical (unpaired) electrons. The maximum absolute atomic E-state index is 11.3. The number of ketones is 2. The highest BCUT2D eigenvalue weighted by Crippen LogP contribution is 1.99. The number of hydrogen-bond donors (Lipinski definition) is 1. The predicted octanol–water partition coefficient (Wildman–Crippen LogP) is 0.658. The van der Waals surface area contributed by atoms with Gasteiger partial charge in [-0.1, -0.05) is 30.3 Å². The van der Waals surface area contributed by atoms with Gasteiger partial charge in [0.25, 0.3) is 0 Å². The Hall–Kier alpha value is -1.48. The molecule has 1 rings (SSSR count). The van der Waals surface area contributed by atoms with Gasteiger partial charge < -0.3 is 5.32 Å². The number of carbonyl (C=O) groups excluding carboxylic acids is 2. The fourth-order valence-electron chi connectivity index (χ4n) is 0.991. The number of carbonyl (C=O) groups is 2. The Kier molecular flexibility index (Phi) is 3.34. The van der Waals surface area contributed by atoms with Crippen molar-refractivity contribution in [3.8, 4) is 0 Å². The molecule has 1 aromatic rings. The Balaban J connectivity index is 2.74. The van der Waals surface area contributed by atoms with Crippen LogP contribution in [-0.4, -0.2) is 25.2 Å². The first-order valence-electron chi connectivity index (χ1n) is 4.03. The molecule has 0 spiro atoms. The summed E-state index contributed by atoms with van der Waals surface area (Å²) in [7, 11) is 1.64. The third-order valence-electron chi connectivity index (χ3n) is 1.63. The molecule has 0 aliphatic carbocycles. The molecule has 1 aromatic carbocycles. The summed E-state index contributed by atoms with van der Waals surface area (Å²) in [6.45, 7) is 0.0910. The second kappa shape index (κ2) is 4.52. The van der Waals surface area contributed by atoms with Crippen molar-refractivity contribution in [1.29, 1.82) is 0 Å². The van der Waals surface area contributed by atoms with Gasteiger partial charge in [-0.2, -0.15) is 0 Å². The number of hydrogen-bond acceptors (Lipinski definition) is 3. The number of benzene rings is 1. The lowest BCUT2D eigenvalue weighted by Gasteiger charge is -1.98. The molecule has 0 saturated carbocycles. The zero-order valence-electron chi connectivity index (χ0n) is 7.41. The van der Waals surface area contributed by atoms with Crippen molar-refractivity contribution in [2.24, 2.45) is 0 Å². The molecule has 0 bridgehead atoms. The minimum Gasteiger partial charge on any atom is -0.313 e. The Morgan fingerprint density at radius 1 is 1.23 bits per heavy atom. The third-order valence-corrected chi connectivity index (χ3v) is 1.63. The van der Waals surface area contributed by atoms with E-state index in [1.165, 1.54) is 0 Å². The van der Waals surface area contributed by atoms with Crippen molar-refractivity contribution < 1.29 is 9.59 Å². The lowest BCUT2D eigenvalue weighted by atomic mass is 10.1. The average Bonchev–Trinajstić information content (AvgIpc) is 2.18. The van der Waals surface area contributed by atoms with E-state index in [2.05, 4.69) is 5.32 Å². The number of Topliss-reactive ketones (excluding diaryl/α,β-unsaturated/α-hetero) is 2. The molecule has 0 heterocycles. The molecule has 0 fully saturated rings. The number of nitrogens with one attached hydrogen (secondary N) is 1. The molecular formula is C10H11NO2. The van der Waals surface area contributed by atoms with E-state index in [9.17, 15) is 9.59 Å². The van der Waals surface area contributed by atoms with Gasteiger partial charge in [0.2, 0.25) is 11.6 Å². The smallest absolute Gasteiger partial charge is 0.229 e. The Morgan fingerprint density at radius 2 is 1.85 bits per heavy atom. The van der Waals surface area contributed by atoms with E-state index in [4.69, 9.17) is 0 Å². The molecule has 0 unspecified atom stereocenters. The SMILES string of the molecule is CNCC(=O)C(=O)c1ccccc1. The molecule has 0 atom stereocenters. The second-order valence-electron chi connectivity index (χ2n) is 2.65. The Labute approximate surface area is 76.8 Å². The molecule has 0 saturated heterocycles. The second-order valence-corrected chi connectivity index (χ2v) is 2.65. The van der Waals surface area contributed by atoms with Gasteiger partial charge in [-0.3, -0.25) is 9.59 Å². The number of likely N-dealkylation sites (N-methyl/N-ethyl adjacent to an activating group) is 1. The molecule has 13 heavy (non-hydrogen) atoms. The highest BCUT2D eigenvalue weighted by molar-refractivity contribution is 6.44. The maximum Gasteiger partial charge on any atom is 0.229 e. The first kappa shape index (κ1) is 9.61. The van der Waals surface area contributed by atoms with Crippen molar-refractivity contribution in [3.63, 3.8) is 0 Å². The summed E-state index contributed by atoms with van der Waals surface area (Å²) in [6.07, 6.45) is 0. The highest BCUT2D eigenvalue weighted by atomic mass is 16.2. The van der Waals surface area contributed by atoms with Crippen LogP contribution in [0.1, 0.15) is 10.4 Å². The van der Waals surface area contributed by atoms with E-state index >= 15 is 0 Å². The molecule has 3 heteroatoms. The van der Waals surface area contributed by atoms with Gasteiger partial charge in [-0.05, 0) is 7.05 Å². The van der Waals surface area contributed by atoms with Gasteiger partial charge in [-0.15, -0.1) is 0 Å². The van der Waals surface area contributed by atoms with Gasteiger partial charge in [-0.25, -0.2) is 0 Å². The van der Waals surface area contributed by atoms with Crippen molar-refractivity contribution in [2.75, 3.05) is 13.6 Å². The van der Waals surface area contributed by atoms with Crippen molar-refractivity contribution in [2.45, 2.75) is 0 Å². The van der Waals surface area contributed by atoms with Crippen LogP contribution in [0.3, 0.4) is 0 Å². The first-order valence-corrected chi connectivity index (χ1v) is 4.03. The van der Waals surface area contributed by atoms with Crippen LogP contribution in [0.25, 0.3) is 0 Å². The molecule has 0 aliphatic rings. The average molecular weight is 177 g/mol. The molecule has 3 nitrogen and oxygen atoms in total. The van der Waals surface area contributed by atoms with Crippen LogP contribution in [-0.2, 0) is 4.79 Å². The first-order chi connectivity index (χ1) is 6.25. The van der Waals surface area contributed by atoms with Gasteiger partial charge in [0.1, 0.15) is 0 Å². The molecular weight excluding hydrogens is 166 g/mol. The summed E-state index contributed by atoms with van der Waals surface area (Å²) in [4.78, 5) is 22.5. The van der Waals surface area contributed by atoms with E-state index in [1.807, 2.05) is 0 Å². The fourth-order valence-corrected chi connectivity index (χ4v) is 0.991. The summed E-state index contributed by atoms with van der Waals surface area (Å²) >= 11 is 0. The van der Waals surface area contributed by atoms with Crippen LogP contribution in [0.4, 0.5) is 0 Å². The minimum atomic E-state index is -0.435. The van der Waals surface area contributed by atoms with E-state index in [0.717, 1.165) is 0 Å². The van der Waals surface area contributed by atoms with Crippen LogP contribution < -0.4 is 5.32 Å². The van der Waals surface area contributed by atoms with Crippen molar-refractivity contribution in [1.82, 2.24) is 5.32 Å². The summed E-state index contributed by atoms with van der Waals surface area (Å²) in [5.41, 5.74) is 0.447. The van der Waals surface area contributed by atoms with Crippen molar-refractivity contribution >= 4 is 11.6 Å². The number of rotatable bonds is 4. The van der Waals surface area contributed by atoms with E-state index in [1.54, 1.807) is 37.4 Å². The van der Waals surface area contributed by atoms with Gasteiger partial charge in [0.05, 0.1) is 6.54 Å². The molecule has 0 aliphatic heterocycles. The van der Waals surface area contributed by atoms with E-state index in [-0.39, 0.29) is 6.54 Å². The standard InChI is InChI=1S/C10H11NO2/c1-11-7-9(12)10(13)8-5-3-2-4-6-8/h2-6,11H,7H2,1H3. The van der Waals surface area contributed by atoms with Crippen LogP contribution in [0.2, 0.25) is 0 Å². The molecule has 0 aromatic heterocycles.